The number of aromatic nitrogens is 1. The van der Waals surface area contributed by atoms with Crippen molar-refractivity contribution in [2.24, 2.45) is 17.4 Å². The molecule has 21 heavy (non-hydrogen) atoms. The molecule has 1 aromatic rings. The first-order valence-electron chi connectivity index (χ1n) is 6.52. The number of primary amides is 1. The molecule has 0 bridgehead atoms. The van der Waals surface area contributed by atoms with Crippen LogP contribution in [-0.2, 0) is 10.2 Å². The quantitative estimate of drug-likeness (QED) is 0.867. The smallest absolute Gasteiger partial charge is 0.228 e. The van der Waals surface area contributed by atoms with Gasteiger partial charge in [-0.2, -0.15) is 0 Å². The molecule has 0 aromatic carbocycles. The van der Waals surface area contributed by atoms with Gasteiger partial charge in [-0.1, -0.05) is 0 Å². The molecule has 0 saturated heterocycles. The van der Waals surface area contributed by atoms with Crippen molar-refractivity contribution in [3.05, 3.63) is 30.1 Å². The van der Waals surface area contributed by atoms with E-state index in [1.165, 1.54) is 0 Å². The second kappa shape index (κ2) is 9.20. The van der Waals surface area contributed by atoms with Gasteiger partial charge in [0.05, 0.1) is 5.41 Å². The van der Waals surface area contributed by atoms with Crippen molar-refractivity contribution in [1.82, 2.24) is 4.98 Å². The Morgan fingerprint density at radius 3 is 2.14 bits per heavy atom. The molecular formula is C14H25Cl2N3O2. The number of nitrogens with zero attached hydrogens (tertiary/aromatic N) is 1. The number of amides is 1. The highest BCUT2D eigenvalue weighted by Crippen LogP contribution is 2.41. The van der Waals surface area contributed by atoms with Crippen molar-refractivity contribution in [3.63, 3.8) is 0 Å². The maximum absolute atomic E-state index is 11.9. The molecule has 1 unspecified atom stereocenters. The van der Waals surface area contributed by atoms with Gasteiger partial charge in [0.2, 0.25) is 5.91 Å². The molecule has 5 nitrogen and oxygen atoms in total. The van der Waals surface area contributed by atoms with Crippen LogP contribution in [0.4, 0.5) is 0 Å². The highest BCUT2D eigenvalue weighted by molar-refractivity contribution is 5.86. The van der Waals surface area contributed by atoms with Crippen molar-refractivity contribution in [3.8, 4) is 0 Å². The molecule has 0 radical (unpaired) electrons. The standard InChI is InChI=1S/C14H21N3O.2ClH.H2O/c1-10(15)11-2-6-14(7-3-11,13(16)18)12-4-8-17-9-5-12;;;/h4-5,8-11H,2-3,6-7,15H2,1H3,(H2,16,18);2*1H;1H2. The average Bonchev–Trinajstić information content (AvgIpc) is 2.39. The third-order valence-corrected chi connectivity index (χ3v) is 4.33. The van der Waals surface area contributed by atoms with Crippen molar-refractivity contribution < 1.29 is 10.3 Å². The third-order valence-electron chi connectivity index (χ3n) is 4.33. The van der Waals surface area contributed by atoms with E-state index >= 15 is 0 Å². The lowest BCUT2D eigenvalue weighted by molar-refractivity contribution is -0.125. The summed E-state index contributed by atoms with van der Waals surface area (Å²) in [4.78, 5) is 15.9. The van der Waals surface area contributed by atoms with E-state index in [9.17, 15) is 4.79 Å². The Balaban J connectivity index is 0. The van der Waals surface area contributed by atoms with Crippen LogP contribution in [0.15, 0.2) is 24.5 Å². The summed E-state index contributed by atoms with van der Waals surface area (Å²) in [5, 5.41) is 0. The topological polar surface area (TPSA) is 114 Å². The molecule has 1 atom stereocenters. The van der Waals surface area contributed by atoms with E-state index < -0.39 is 5.41 Å². The van der Waals surface area contributed by atoms with E-state index in [1.807, 2.05) is 19.1 Å². The number of halogens is 2. The monoisotopic (exact) mass is 337 g/mol. The molecule has 1 aliphatic carbocycles. The number of pyridine rings is 1. The van der Waals surface area contributed by atoms with Crippen LogP contribution in [-0.4, -0.2) is 22.4 Å². The molecule has 1 fully saturated rings. The Kier molecular flexibility index (Phi) is 9.82. The number of carbonyl (C=O) groups is 1. The summed E-state index contributed by atoms with van der Waals surface area (Å²) < 4.78 is 0. The van der Waals surface area contributed by atoms with Crippen molar-refractivity contribution in [2.75, 3.05) is 0 Å². The van der Waals surface area contributed by atoms with Crippen LogP contribution >= 0.6 is 24.8 Å². The van der Waals surface area contributed by atoms with Gasteiger partial charge in [-0.05, 0) is 56.2 Å². The van der Waals surface area contributed by atoms with Crippen LogP contribution in [0.3, 0.4) is 0 Å². The van der Waals surface area contributed by atoms with Crippen LogP contribution in [0.5, 0.6) is 0 Å². The zero-order valence-electron chi connectivity index (χ0n) is 12.1. The van der Waals surface area contributed by atoms with E-state index in [1.54, 1.807) is 12.4 Å². The van der Waals surface area contributed by atoms with E-state index in [-0.39, 0.29) is 42.2 Å². The lowest BCUT2D eigenvalue weighted by atomic mass is 9.65. The SMILES string of the molecule is CC(N)C1CCC(C(N)=O)(c2ccncc2)CC1.Cl.Cl.O. The minimum atomic E-state index is -0.520. The van der Waals surface area contributed by atoms with E-state index in [0.29, 0.717) is 5.92 Å². The number of hydrogen-bond acceptors (Lipinski definition) is 3. The fraction of sp³-hybridized carbons (Fsp3) is 0.571. The zero-order valence-corrected chi connectivity index (χ0v) is 13.8. The van der Waals surface area contributed by atoms with Gasteiger partial charge in [0.15, 0.2) is 0 Å². The summed E-state index contributed by atoms with van der Waals surface area (Å²) in [5.41, 5.74) is 12.1. The molecule has 2 rings (SSSR count). The maximum atomic E-state index is 11.9. The fourth-order valence-electron chi connectivity index (χ4n) is 3.01. The Hall–Kier alpha value is -0.880. The highest BCUT2D eigenvalue weighted by atomic mass is 35.5. The van der Waals surface area contributed by atoms with Gasteiger partial charge in [0.1, 0.15) is 0 Å². The molecule has 7 heteroatoms. The maximum Gasteiger partial charge on any atom is 0.228 e. The molecule has 1 aliphatic rings. The number of carbonyl (C=O) groups excluding carboxylic acids is 1. The Bertz CT molecular complexity index is 421. The molecular weight excluding hydrogens is 313 g/mol. The average molecular weight is 338 g/mol. The summed E-state index contributed by atoms with van der Waals surface area (Å²) in [5.74, 6) is 0.274. The van der Waals surface area contributed by atoms with Crippen molar-refractivity contribution in [2.45, 2.75) is 44.1 Å². The number of nitrogens with two attached hydrogens (primary N) is 2. The van der Waals surface area contributed by atoms with Gasteiger partial charge in [0, 0.05) is 18.4 Å². The summed E-state index contributed by atoms with van der Waals surface area (Å²) in [6, 6.07) is 3.99. The number of rotatable bonds is 3. The lowest BCUT2D eigenvalue weighted by Crippen LogP contribution is -2.46. The summed E-state index contributed by atoms with van der Waals surface area (Å²) >= 11 is 0. The molecule has 1 aromatic heterocycles. The normalized spacial score (nSPS) is 25.5. The van der Waals surface area contributed by atoms with E-state index in [4.69, 9.17) is 11.5 Å². The van der Waals surface area contributed by atoms with Crippen LogP contribution in [0.2, 0.25) is 0 Å². The highest BCUT2D eigenvalue weighted by Gasteiger charge is 2.42. The Labute approximate surface area is 138 Å². The first-order valence-corrected chi connectivity index (χ1v) is 6.52. The minimum absolute atomic E-state index is 0. The first-order chi connectivity index (χ1) is 8.56. The van der Waals surface area contributed by atoms with Crippen molar-refractivity contribution >= 4 is 30.7 Å². The van der Waals surface area contributed by atoms with Crippen LogP contribution in [0.1, 0.15) is 38.2 Å². The van der Waals surface area contributed by atoms with E-state index in [2.05, 4.69) is 4.98 Å². The molecule has 1 heterocycles. The fourth-order valence-corrected chi connectivity index (χ4v) is 3.01. The van der Waals surface area contributed by atoms with Gasteiger partial charge in [-0.25, -0.2) is 0 Å². The van der Waals surface area contributed by atoms with Gasteiger partial charge in [0.25, 0.3) is 0 Å². The Morgan fingerprint density at radius 1 is 1.29 bits per heavy atom. The second-order valence-corrected chi connectivity index (χ2v) is 5.38. The van der Waals surface area contributed by atoms with Crippen LogP contribution in [0.25, 0.3) is 0 Å². The molecule has 122 valence electrons. The van der Waals surface area contributed by atoms with Gasteiger partial charge in [-0.3, -0.25) is 9.78 Å². The second-order valence-electron chi connectivity index (χ2n) is 5.38. The molecule has 1 saturated carbocycles. The predicted octanol–water partition coefficient (Wildman–Crippen LogP) is 1.36. The van der Waals surface area contributed by atoms with E-state index in [0.717, 1.165) is 31.2 Å². The number of hydrogen-bond donors (Lipinski definition) is 2. The summed E-state index contributed by atoms with van der Waals surface area (Å²) in [7, 11) is 0. The largest absolute Gasteiger partial charge is 0.412 e. The van der Waals surface area contributed by atoms with Gasteiger partial charge < -0.3 is 16.9 Å². The van der Waals surface area contributed by atoms with Crippen LogP contribution < -0.4 is 11.5 Å². The lowest BCUT2D eigenvalue weighted by Gasteiger charge is -2.39. The third kappa shape index (κ3) is 4.54. The summed E-state index contributed by atoms with van der Waals surface area (Å²) in [6.07, 6.45) is 6.94. The van der Waals surface area contributed by atoms with Crippen LogP contribution in [0, 0.1) is 5.92 Å². The zero-order chi connectivity index (χ0) is 13.2. The van der Waals surface area contributed by atoms with Gasteiger partial charge in [-0.15, -0.1) is 24.8 Å². The predicted molar refractivity (Wildman–Crippen MR) is 88.8 cm³/mol. The molecule has 6 N–H and O–H groups in total. The molecule has 0 aliphatic heterocycles. The summed E-state index contributed by atoms with van der Waals surface area (Å²) in [6.45, 7) is 2.04. The molecule has 1 amide bonds. The minimum Gasteiger partial charge on any atom is -0.412 e. The Morgan fingerprint density at radius 2 is 1.76 bits per heavy atom. The first kappa shape index (κ1) is 22.4. The molecule has 0 spiro atoms. The van der Waals surface area contributed by atoms with Crippen molar-refractivity contribution in [1.29, 1.82) is 0 Å². The van der Waals surface area contributed by atoms with Gasteiger partial charge >= 0.3 is 0 Å².